The van der Waals surface area contributed by atoms with Gasteiger partial charge in [0, 0.05) is 10.9 Å². The van der Waals surface area contributed by atoms with Crippen LogP contribution in [-0.2, 0) is 14.9 Å². The number of methoxy groups -OCH3 is 2. The van der Waals surface area contributed by atoms with E-state index >= 15 is 0 Å². The molecular weight excluding hydrogens is 300 g/mol. The third-order valence-electron chi connectivity index (χ3n) is 4.39. The topological polar surface area (TPSA) is 35.5 Å². The van der Waals surface area contributed by atoms with Crippen LogP contribution in [0.1, 0.15) is 23.5 Å². The minimum atomic E-state index is -0.602. The van der Waals surface area contributed by atoms with Crippen LogP contribution in [-0.4, -0.2) is 20.2 Å². The van der Waals surface area contributed by atoms with Crippen molar-refractivity contribution in [2.45, 2.75) is 17.8 Å². The lowest BCUT2D eigenvalue weighted by atomic mass is 9.90. The van der Waals surface area contributed by atoms with Gasteiger partial charge in [0.1, 0.15) is 11.2 Å². The van der Waals surface area contributed by atoms with Gasteiger partial charge in [0.15, 0.2) is 0 Å². The van der Waals surface area contributed by atoms with E-state index in [0.717, 1.165) is 23.3 Å². The highest BCUT2D eigenvalue weighted by Crippen LogP contribution is 2.61. The normalized spacial score (nSPS) is 23.0. The molecule has 0 radical (unpaired) electrons. The maximum absolute atomic E-state index is 12.4. The van der Waals surface area contributed by atoms with E-state index in [9.17, 15) is 4.79 Å². The van der Waals surface area contributed by atoms with Crippen LogP contribution in [0, 0.1) is 0 Å². The van der Waals surface area contributed by atoms with Crippen molar-refractivity contribution in [2.75, 3.05) is 14.2 Å². The van der Waals surface area contributed by atoms with E-state index in [4.69, 9.17) is 21.1 Å². The molecule has 3 rings (SSSR count). The average molecular weight is 317 g/mol. The Labute approximate surface area is 134 Å². The van der Waals surface area contributed by atoms with Gasteiger partial charge in [-0.2, -0.15) is 0 Å². The summed E-state index contributed by atoms with van der Waals surface area (Å²) in [5, 5.41) is 0.692. The Morgan fingerprint density at radius 3 is 2.27 bits per heavy atom. The van der Waals surface area contributed by atoms with Crippen molar-refractivity contribution in [3.63, 3.8) is 0 Å². The molecule has 22 heavy (non-hydrogen) atoms. The van der Waals surface area contributed by atoms with Gasteiger partial charge in [0.25, 0.3) is 0 Å². The zero-order valence-electron chi connectivity index (χ0n) is 12.5. The van der Waals surface area contributed by atoms with Gasteiger partial charge in [-0.1, -0.05) is 35.9 Å². The first-order valence-electron chi connectivity index (χ1n) is 7.10. The van der Waals surface area contributed by atoms with Gasteiger partial charge in [-0.05, 0) is 41.8 Å². The molecule has 4 heteroatoms. The molecule has 1 fully saturated rings. The molecule has 0 bridgehead atoms. The van der Waals surface area contributed by atoms with Gasteiger partial charge in [-0.25, -0.2) is 0 Å². The van der Waals surface area contributed by atoms with Crippen LogP contribution in [0.3, 0.4) is 0 Å². The zero-order chi connectivity index (χ0) is 15.7. The summed E-state index contributed by atoms with van der Waals surface area (Å²) in [6, 6.07) is 15.3. The molecule has 0 amide bonds. The Morgan fingerprint density at radius 1 is 1.09 bits per heavy atom. The van der Waals surface area contributed by atoms with Crippen molar-refractivity contribution in [1.29, 1.82) is 0 Å². The maximum Gasteiger partial charge on any atom is 0.316 e. The second-order valence-corrected chi connectivity index (χ2v) is 5.94. The summed E-state index contributed by atoms with van der Waals surface area (Å²) < 4.78 is 10.3. The molecule has 0 saturated heterocycles. The Bertz CT molecular complexity index is 678. The minimum absolute atomic E-state index is 0.116. The number of carbonyl (C=O) groups excluding carboxylic acids is 1. The van der Waals surface area contributed by atoms with E-state index < -0.39 is 5.41 Å². The van der Waals surface area contributed by atoms with Crippen molar-refractivity contribution >= 4 is 17.6 Å². The average Bonchev–Trinajstić information content (AvgIpc) is 3.31. The molecule has 0 N–H and O–H groups in total. The van der Waals surface area contributed by atoms with Crippen molar-refractivity contribution in [2.24, 2.45) is 0 Å². The van der Waals surface area contributed by atoms with E-state index in [-0.39, 0.29) is 11.9 Å². The summed E-state index contributed by atoms with van der Waals surface area (Å²) >= 11 is 5.94. The van der Waals surface area contributed by atoms with Crippen molar-refractivity contribution in [3.8, 4) is 5.75 Å². The van der Waals surface area contributed by atoms with E-state index in [2.05, 4.69) is 0 Å². The first-order chi connectivity index (χ1) is 10.6. The molecular formula is C18H17ClO3. The highest BCUT2D eigenvalue weighted by atomic mass is 35.5. The van der Waals surface area contributed by atoms with Crippen LogP contribution >= 0.6 is 11.6 Å². The number of hydrogen-bond acceptors (Lipinski definition) is 3. The number of benzene rings is 2. The predicted molar refractivity (Wildman–Crippen MR) is 85.5 cm³/mol. The molecule has 1 aliphatic rings. The molecule has 1 aliphatic carbocycles. The standard InChI is InChI=1S/C18H17ClO3/c1-21-15-9-5-13(6-10-15)18(17(20)22-2)11-16(18)12-3-7-14(19)8-4-12/h3-10,16H,11H2,1-2H3/t16-,18-/m1/s1. The Morgan fingerprint density at radius 2 is 1.73 bits per heavy atom. The van der Waals surface area contributed by atoms with Crippen LogP contribution in [0.4, 0.5) is 0 Å². The maximum atomic E-state index is 12.4. The number of esters is 1. The van der Waals surface area contributed by atoms with E-state index in [0.29, 0.717) is 5.02 Å². The summed E-state index contributed by atoms with van der Waals surface area (Å²) in [4.78, 5) is 12.4. The first kappa shape index (κ1) is 14.9. The van der Waals surface area contributed by atoms with Crippen LogP contribution in [0.2, 0.25) is 5.02 Å². The van der Waals surface area contributed by atoms with Crippen molar-refractivity contribution < 1.29 is 14.3 Å². The first-order valence-corrected chi connectivity index (χ1v) is 7.48. The number of ether oxygens (including phenoxy) is 2. The second kappa shape index (κ2) is 5.65. The molecule has 3 nitrogen and oxygen atoms in total. The summed E-state index contributed by atoms with van der Waals surface area (Å²) in [5.41, 5.74) is 1.46. The summed E-state index contributed by atoms with van der Waals surface area (Å²) in [6.45, 7) is 0. The van der Waals surface area contributed by atoms with E-state index in [1.165, 1.54) is 7.11 Å². The molecule has 2 aromatic rings. The smallest absolute Gasteiger partial charge is 0.316 e. The fourth-order valence-corrected chi connectivity index (χ4v) is 3.22. The van der Waals surface area contributed by atoms with Gasteiger partial charge < -0.3 is 9.47 Å². The molecule has 0 heterocycles. The Hall–Kier alpha value is -2.00. The zero-order valence-corrected chi connectivity index (χ0v) is 13.3. The fourth-order valence-electron chi connectivity index (χ4n) is 3.09. The van der Waals surface area contributed by atoms with Gasteiger partial charge >= 0.3 is 5.97 Å². The molecule has 0 spiro atoms. The quantitative estimate of drug-likeness (QED) is 0.801. The third kappa shape index (κ3) is 2.35. The largest absolute Gasteiger partial charge is 0.497 e. The second-order valence-electron chi connectivity index (χ2n) is 5.50. The monoisotopic (exact) mass is 316 g/mol. The predicted octanol–water partition coefficient (Wildman–Crippen LogP) is 3.95. The number of rotatable bonds is 4. The molecule has 0 aliphatic heterocycles. The lowest BCUT2D eigenvalue weighted by Crippen LogP contribution is -2.24. The Kier molecular flexibility index (Phi) is 3.83. The lowest BCUT2D eigenvalue weighted by molar-refractivity contribution is -0.143. The molecule has 2 atom stereocenters. The third-order valence-corrected chi connectivity index (χ3v) is 4.64. The number of hydrogen-bond donors (Lipinski definition) is 0. The van der Waals surface area contributed by atoms with Crippen LogP contribution < -0.4 is 4.74 Å². The van der Waals surface area contributed by atoms with Crippen LogP contribution in [0.15, 0.2) is 48.5 Å². The van der Waals surface area contributed by atoms with Gasteiger partial charge in [0.05, 0.1) is 14.2 Å². The summed E-state index contributed by atoms with van der Waals surface area (Å²) in [7, 11) is 3.06. The highest BCUT2D eigenvalue weighted by Gasteiger charge is 2.62. The van der Waals surface area contributed by atoms with Gasteiger partial charge in [-0.3, -0.25) is 4.79 Å². The van der Waals surface area contributed by atoms with E-state index in [1.54, 1.807) is 7.11 Å². The molecule has 1 saturated carbocycles. The Balaban J connectivity index is 1.97. The molecule has 114 valence electrons. The molecule has 0 unspecified atom stereocenters. The van der Waals surface area contributed by atoms with E-state index in [1.807, 2.05) is 48.5 Å². The molecule has 0 aromatic heterocycles. The highest BCUT2D eigenvalue weighted by molar-refractivity contribution is 6.30. The number of carbonyl (C=O) groups is 1. The minimum Gasteiger partial charge on any atom is -0.497 e. The van der Waals surface area contributed by atoms with Gasteiger partial charge in [-0.15, -0.1) is 0 Å². The van der Waals surface area contributed by atoms with Crippen LogP contribution in [0.25, 0.3) is 0 Å². The fraction of sp³-hybridized carbons (Fsp3) is 0.278. The van der Waals surface area contributed by atoms with Crippen LogP contribution in [0.5, 0.6) is 5.75 Å². The van der Waals surface area contributed by atoms with Crippen molar-refractivity contribution in [1.82, 2.24) is 0 Å². The lowest BCUT2D eigenvalue weighted by Gasteiger charge is -2.16. The van der Waals surface area contributed by atoms with Gasteiger partial charge in [0.2, 0.25) is 0 Å². The number of halogens is 1. The summed E-state index contributed by atoms with van der Waals surface area (Å²) in [6.07, 6.45) is 0.744. The summed E-state index contributed by atoms with van der Waals surface area (Å²) in [5.74, 6) is 0.690. The SMILES string of the molecule is COC(=O)[C@@]1(c2ccc(OC)cc2)C[C@@H]1c1ccc(Cl)cc1. The van der Waals surface area contributed by atoms with Crippen molar-refractivity contribution in [3.05, 3.63) is 64.7 Å². The molecule has 2 aromatic carbocycles.